The molecule has 0 bridgehead atoms. The molecule has 2 saturated heterocycles. The van der Waals surface area contributed by atoms with Gasteiger partial charge in [-0.3, -0.25) is 9.69 Å². The summed E-state index contributed by atoms with van der Waals surface area (Å²) < 4.78 is 4.28. The van der Waals surface area contributed by atoms with E-state index in [1.807, 2.05) is 31.0 Å². The first-order valence-electron chi connectivity index (χ1n) is 11.1. The lowest BCUT2D eigenvalue weighted by molar-refractivity contribution is -0.140. The van der Waals surface area contributed by atoms with Crippen molar-refractivity contribution in [3.63, 3.8) is 0 Å². The number of carbonyl (C=O) groups is 1. The minimum Gasteiger partial charge on any atom is -0.352 e. The molecule has 0 radical (unpaired) electrons. The van der Waals surface area contributed by atoms with Crippen LogP contribution in [0.3, 0.4) is 0 Å². The van der Waals surface area contributed by atoms with Gasteiger partial charge in [0.15, 0.2) is 0 Å². The van der Waals surface area contributed by atoms with Gasteiger partial charge in [0.1, 0.15) is 10.8 Å². The summed E-state index contributed by atoms with van der Waals surface area (Å²) in [5.74, 6) is 2.31. The van der Waals surface area contributed by atoms with Crippen molar-refractivity contribution < 1.29 is 4.79 Å². The minimum absolute atomic E-state index is 0.198. The number of nitrogens with zero attached hydrogens (tertiary/aromatic N) is 7. The summed E-state index contributed by atoms with van der Waals surface area (Å²) in [4.78, 5) is 28.3. The zero-order chi connectivity index (χ0) is 22.3. The van der Waals surface area contributed by atoms with E-state index in [0.29, 0.717) is 37.9 Å². The van der Waals surface area contributed by atoms with Crippen LogP contribution in [0.2, 0.25) is 0 Å². The van der Waals surface area contributed by atoms with Gasteiger partial charge in [-0.1, -0.05) is 0 Å². The van der Waals surface area contributed by atoms with E-state index >= 15 is 0 Å². The maximum absolute atomic E-state index is 12.7. The maximum atomic E-state index is 12.7. The molecule has 1 N–H and O–H groups in total. The number of aryl methyl sites for hydroxylation is 2. The van der Waals surface area contributed by atoms with Crippen LogP contribution in [0.1, 0.15) is 30.5 Å². The van der Waals surface area contributed by atoms with Crippen molar-refractivity contribution in [1.29, 1.82) is 5.26 Å². The van der Waals surface area contributed by atoms with Crippen molar-refractivity contribution >= 4 is 34.2 Å². The molecule has 0 aromatic carbocycles. The van der Waals surface area contributed by atoms with Crippen molar-refractivity contribution in [1.82, 2.24) is 24.1 Å². The van der Waals surface area contributed by atoms with Gasteiger partial charge >= 0.3 is 0 Å². The normalized spacial score (nSPS) is 20.7. The Balaban J connectivity index is 1.27. The molecule has 5 rings (SSSR count). The van der Waals surface area contributed by atoms with Crippen LogP contribution in [0, 0.1) is 31.1 Å². The monoisotopic (exact) mass is 452 g/mol. The number of aromatic nitrogens is 3. The highest BCUT2D eigenvalue weighted by atomic mass is 32.1. The number of piperazine rings is 1. The predicted octanol–water partition coefficient (Wildman–Crippen LogP) is 2.32. The molecule has 1 amide bonds. The molecule has 2 aromatic heterocycles. The van der Waals surface area contributed by atoms with Crippen LogP contribution in [0.25, 0.3) is 0 Å². The molecule has 2 aromatic rings. The van der Waals surface area contributed by atoms with Gasteiger partial charge in [-0.15, -0.1) is 0 Å². The Bertz CT molecular complexity index is 1050. The molecule has 4 heterocycles. The van der Waals surface area contributed by atoms with Crippen LogP contribution >= 0.6 is 11.5 Å². The number of nitriles is 1. The van der Waals surface area contributed by atoms with Crippen LogP contribution < -0.4 is 10.2 Å². The van der Waals surface area contributed by atoms with Gasteiger partial charge in [0, 0.05) is 44.5 Å². The lowest BCUT2D eigenvalue weighted by Crippen LogP contribution is -2.73. The molecule has 32 heavy (non-hydrogen) atoms. The highest BCUT2D eigenvalue weighted by molar-refractivity contribution is 7.10. The number of amides is 1. The zero-order valence-corrected chi connectivity index (χ0v) is 19.4. The predicted molar refractivity (Wildman–Crippen MR) is 123 cm³/mol. The molecule has 2 aliphatic heterocycles. The van der Waals surface area contributed by atoms with E-state index in [4.69, 9.17) is 4.98 Å². The van der Waals surface area contributed by atoms with Crippen LogP contribution in [-0.2, 0) is 4.79 Å². The number of nitrogens with one attached hydrogen (secondary N) is 1. The number of anilines is 3. The van der Waals surface area contributed by atoms with Crippen molar-refractivity contribution in [2.45, 2.75) is 38.6 Å². The Morgan fingerprint density at radius 3 is 2.78 bits per heavy atom. The van der Waals surface area contributed by atoms with E-state index in [1.54, 1.807) is 0 Å². The van der Waals surface area contributed by atoms with Crippen molar-refractivity contribution in [3.05, 3.63) is 23.5 Å². The second kappa shape index (κ2) is 8.30. The van der Waals surface area contributed by atoms with Gasteiger partial charge < -0.3 is 15.1 Å². The molecular formula is C22H28N8OS. The topological polar surface area (TPSA) is 101 Å². The Hall–Kier alpha value is -2.77. The zero-order valence-electron chi connectivity index (χ0n) is 18.5. The van der Waals surface area contributed by atoms with E-state index in [2.05, 4.69) is 30.5 Å². The Morgan fingerprint density at radius 1 is 1.31 bits per heavy atom. The highest BCUT2D eigenvalue weighted by Gasteiger charge is 2.50. The van der Waals surface area contributed by atoms with Gasteiger partial charge in [0.2, 0.25) is 11.9 Å². The first kappa shape index (κ1) is 21.1. The van der Waals surface area contributed by atoms with E-state index in [9.17, 15) is 10.1 Å². The fourth-order valence-corrected chi connectivity index (χ4v) is 5.30. The molecule has 168 valence electrons. The summed E-state index contributed by atoms with van der Waals surface area (Å²) in [5.41, 5.74) is 1.66. The van der Waals surface area contributed by atoms with E-state index in [1.165, 1.54) is 24.4 Å². The Kier molecular flexibility index (Phi) is 5.47. The van der Waals surface area contributed by atoms with Gasteiger partial charge in [-0.2, -0.15) is 14.6 Å². The number of hydrogen-bond donors (Lipinski definition) is 1. The Labute approximate surface area is 192 Å². The van der Waals surface area contributed by atoms with Gasteiger partial charge in [-0.25, -0.2) is 4.98 Å². The summed E-state index contributed by atoms with van der Waals surface area (Å²) >= 11 is 1.38. The second-order valence-electron chi connectivity index (χ2n) is 9.28. The van der Waals surface area contributed by atoms with Crippen molar-refractivity contribution in [2.75, 3.05) is 49.5 Å². The maximum Gasteiger partial charge on any atom is 0.236 e. The third-order valence-corrected chi connectivity index (χ3v) is 7.45. The third-order valence-electron chi connectivity index (χ3n) is 6.65. The molecule has 0 spiro atoms. The molecule has 0 atom stereocenters. The second-order valence-corrected chi connectivity index (χ2v) is 10.1. The van der Waals surface area contributed by atoms with Crippen molar-refractivity contribution in [3.8, 4) is 6.07 Å². The largest absolute Gasteiger partial charge is 0.352 e. The van der Waals surface area contributed by atoms with Crippen LogP contribution in [-0.4, -0.2) is 74.9 Å². The van der Waals surface area contributed by atoms with Crippen LogP contribution in [0.5, 0.6) is 0 Å². The molecule has 1 saturated carbocycles. The number of rotatable bonds is 7. The highest BCUT2D eigenvalue weighted by Crippen LogP contribution is 2.37. The summed E-state index contributed by atoms with van der Waals surface area (Å²) in [6.45, 7) is 8.23. The quantitative estimate of drug-likeness (QED) is 0.683. The molecule has 0 unspecified atom stereocenters. The molecule has 1 aliphatic carbocycles. The lowest BCUT2D eigenvalue weighted by atomic mass is 9.83. The summed E-state index contributed by atoms with van der Waals surface area (Å²) in [7, 11) is 0. The smallest absolute Gasteiger partial charge is 0.236 e. The van der Waals surface area contributed by atoms with Crippen molar-refractivity contribution in [2.24, 2.45) is 5.92 Å². The molecular weight excluding hydrogens is 424 g/mol. The fourth-order valence-electron chi connectivity index (χ4n) is 4.65. The van der Waals surface area contributed by atoms with E-state index in [0.717, 1.165) is 41.7 Å². The number of carbonyl (C=O) groups excluding carboxylic acids is 1. The summed E-state index contributed by atoms with van der Waals surface area (Å²) in [6.07, 6.45) is 4.73. The van der Waals surface area contributed by atoms with E-state index < -0.39 is 0 Å². The van der Waals surface area contributed by atoms with Gasteiger partial charge in [-0.05, 0) is 50.2 Å². The van der Waals surface area contributed by atoms with Crippen LogP contribution in [0.4, 0.5) is 16.8 Å². The molecule has 9 nitrogen and oxygen atoms in total. The Morgan fingerprint density at radius 2 is 2.12 bits per heavy atom. The summed E-state index contributed by atoms with van der Waals surface area (Å²) in [5, 5.41) is 13.7. The number of hydrogen-bond acceptors (Lipinski definition) is 9. The van der Waals surface area contributed by atoms with Gasteiger partial charge in [0.25, 0.3) is 0 Å². The fraction of sp³-hybridized carbons (Fsp3) is 0.591. The molecule has 3 aliphatic rings. The minimum atomic E-state index is -0.296. The average Bonchev–Trinajstić information content (AvgIpc) is 3.47. The molecule has 10 heteroatoms. The first-order chi connectivity index (χ1) is 15.5. The van der Waals surface area contributed by atoms with Crippen LogP contribution in [0.15, 0.2) is 12.3 Å². The lowest BCUT2D eigenvalue weighted by Gasteiger charge is -2.57. The average molecular weight is 453 g/mol. The third kappa shape index (κ3) is 4.14. The summed E-state index contributed by atoms with van der Waals surface area (Å²) in [6, 6.07) is 4.33. The first-order valence-corrected chi connectivity index (χ1v) is 11.9. The van der Waals surface area contributed by atoms with E-state index in [-0.39, 0.29) is 11.4 Å². The van der Waals surface area contributed by atoms with Gasteiger partial charge in [0.05, 0.1) is 30.3 Å². The standard InChI is InChI=1S/C22H28N8OS/c1-15-10-24-21(25-18-9-16(2)27-32-18)26-20(15)29-13-22(14-29,5-6-23)30-8-7-28(19(31)12-30)11-17-3-4-17/h9-10,17H,3-5,7-8,11-14H2,1-2H3,(H,24,25,26). The SMILES string of the molecule is Cc1cc(Nc2ncc(C)c(N3CC(CC#N)(N4CCN(CC5CC5)C(=O)C4)C3)n2)sn1. The molecule has 3 fully saturated rings.